The normalized spacial score (nSPS) is 11.3. The molecule has 0 radical (unpaired) electrons. The Hall–Kier alpha value is -1.77. The van der Waals surface area contributed by atoms with Gasteiger partial charge in [0.05, 0.1) is 12.1 Å². The summed E-state index contributed by atoms with van der Waals surface area (Å²) in [5.74, 6) is 0.699. The molecule has 116 valence electrons. The maximum atomic E-state index is 6.40. The van der Waals surface area contributed by atoms with Gasteiger partial charge in [-0.3, -0.25) is 0 Å². The first kappa shape index (κ1) is 16.1. The van der Waals surface area contributed by atoms with Gasteiger partial charge in [-0.1, -0.05) is 63.9 Å². The molecule has 0 bridgehead atoms. The smallest absolute Gasteiger partial charge is 0.138 e. The highest BCUT2D eigenvalue weighted by Gasteiger charge is 2.09. The minimum atomic E-state index is 0.654. The van der Waals surface area contributed by atoms with E-state index in [4.69, 9.17) is 16.3 Å². The quantitative estimate of drug-likeness (QED) is 0.472. The van der Waals surface area contributed by atoms with Crippen molar-refractivity contribution in [2.45, 2.75) is 6.92 Å². The Bertz CT molecular complexity index is 900. The van der Waals surface area contributed by atoms with Crippen molar-refractivity contribution in [1.82, 2.24) is 0 Å². The lowest BCUT2D eigenvalue weighted by Gasteiger charge is -2.11. The van der Waals surface area contributed by atoms with E-state index in [2.05, 4.69) is 58.4 Å². The van der Waals surface area contributed by atoms with Gasteiger partial charge >= 0.3 is 0 Å². The first-order valence-electron chi connectivity index (χ1n) is 7.33. The molecule has 0 unspecified atom stereocenters. The standard InChI is InChI=1S/C20H16BrClO/c1-3-4-13-12-16(21)7-9-17(13)14-5-8-18-15(11-14)6-10-19(23-2)20(18)22/h3-12H,1-2H3. The van der Waals surface area contributed by atoms with Gasteiger partial charge in [-0.15, -0.1) is 0 Å². The van der Waals surface area contributed by atoms with Crippen molar-refractivity contribution >= 4 is 44.4 Å². The van der Waals surface area contributed by atoms with Gasteiger partial charge in [-0.2, -0.15) is 0 Å². The van der Waals surface area contributed by atoms with Crippen LogP contribution in [-0.2, 0) is 0 Å². The van der Waals surface area contributed by atoms with Crippen LogP contribution >= 0.6 is 27.5 Å². The summed E-state index contributed by atoms with van der Waals surface area (Å²) >= 11 is 9.94. The zero-order chi connectivity index (χ0) is 16.4. The van der Waals surface area contributed by atoms with Crippen LogP contribution in [0.3, 0.4) is 0 Å². The molecular weight excluding hydrogens is 372 g/mol. The molecule has 23 heavy (non-hydrogen) atoms. The molecule has 0 spiro atoms. The van der Waals surface area contributed by atoms with Gasteiger partial charge in [-0.25, -0.2) is 0 Å². The molecular formula is C20H16BrClO. The third-order valence-electron chi connectivity index (χ3n) is 3.81. The Kier molecular flexibility index (Phi) is 4.74. The fourth-order valence-electron chi connectivity index (χ4n) is 2.71. The summed E-state index contributed by atoms with van der Waals surface area (Å²) < 4.78 is 6.36. The monoisotopic (exact) mass is 386 g/mol. The first-order valence-corrected chi connectivity index (χ1v) is 8.50. The number of ether oxygens (including phenoxy) is 1. The molecule has 0 N–H and O–H groups in total. The lowest BCUT2D eigenvalue weighted by atomic mass is 9.97. The van der Waals surface area contributed by atoms with E-state index in [-0.39, 0.29) is 0 Å². The van der Waals surface area contributed by atoms with Crippen molar-refractivity contribution in [1.29, 1.82) is 0 Å². The van der Waals surface area contributed by atoms with E-state index in [1.54, 1.807) is 7.11 Å². The molecule has 0 saturated carbocycles. The molecule has 3 aromatic rings. The molecule has 0 aliphatic heterocycles. The SMILES string of the molecule is CC=Cc1cc(Br)ccc1-c1ccc2c(Cl)c(OC)ccc2c1. The number of methoxy groups -OCH3 is 1. The van der Waals surface area contributed by atoms with E-state index in [0.717, 1.165) is 15.2 Å². The van der Waals surface area contributed by atoms with E-state index < -0.39 is 0 Å². The van der Waals surface area contributed by atoms with Crippen molar-refractivity contribution in [2.75, 3.05) is 7.11 Å². The molecule has 0 atom stereocenters. The average Bonchev–Trinajstić information content (AvgIpc) is 2.55. The van der Waals surface area contributed by atoms with Crippen LogP contribution in [0.2, 0.25) is 5.02 Å². The Labute approximate surface area is 149 Å². The number of benzene rings is 3. The predicted molar refractivity (Wildman–Crippen MR) is 103 cm³/mol. The number of allylic oxidation sites excluding steroid dienone is 1. The highest BCUT2D eigenvalue weighted by Crippen LogP contribution is 2.36. The number of halogens is 2. The summed E-state index contributed by atoms with van der Waals surface area (Å²) in [7, 11) is 1.63. The van der Waals surface area contributed by atoms with E-state index in [0.29, 0.717) is 10.8 Å². The van der Waals surface area contributed by atoms with Gasteiger partial charge in [0.15, 0.2) is 0 Å². The number of hydrogen-bond donors (Lipinski definition) is 0. The minimum absolute atomic E-state index is 0.654. The molecule has 3 rings (SSSR count). The molecule has 0 fully saturated rings. The van der Waals surface area contributed by atoms with Crippen LogP contribution in [0.4, 0.5) is 0 Å². The summed E-state index contributed by atoms with van der Waals surface area (Å²) in [6.45, 7) is 2.02. The highest BCUT2D eigenvalue weighted by molar-refractivity contribution is 9.10. The van der Waals surface area contributed by atoms with E-state index >= 15 is 0 Å². The fraction of sp³-hybridized carbons (Fsp3) is 0.100. The zero-order valence-corrected chi connectivity index (χ0v) is 15.3. The molecule has 0 heterocycles. The third-order valence-corrected chi connectivity index (χ3v) is 4.69. The van der Waals surface area contributed by atoms with Gasteiger partial charge in [-0.05, 0) is 53.3 Å². The van der Waals surface area contributed by atoms with Crippen molar-refractivity contribution < 1.29 is 4.74 Å². The topological polar surface area (TPSA) is 9.23 Å². The summed E-state index contributed by atoms with van der Waals surface area (Å²) in [5, 5.41) is 2.75. The summed E-state index contributed by atoms with van der Waals surface area (Å²) in [6, 6.07) is 16.6. The number of rotatable bonds is 3. The van der Waals surface area contributed by atoms with Crippen molar-refractivity contribution in [3.63, 3.8) is 0 Å². The maximum Gasteiger partial charge on any atom is 0.138 e. The summed E-state index contributed by atoms with van der Waals surface area (Å²) in [4.78, 5) is 0. The molecule has 3 heteroatoms. The molecule has 0 aliphatic rings. The average molecular weight is 388 g/mol. The zero-order valence-electron chi connectivity index (χ0n) is 12.9. The molecule has 0 saturated heterocycles. The maximum absolute atomic E-state index is 6.40. The van der Waals surface area contributed by atoms with E-state index in [9.17, 15) is 0 Å². The Morgan fingerprint density at radius 1 is 1.04 bits per heavy atom. The van der Waals surface area contributed by atoms with E-state index in [1.165, 1.54) is 16.7 Å². The molecule has 0 amide bonds. The van der Waals surface area contributed by atoms with Gasteiger partial charge in [0.1, 0.15) is 5.75 Å². The van der Waals surface area contributed by atoms with Crippen molar-refractivity contribution in [3.05, 3.63) is 69.7 Å². The van der Waals surface area contributed by atoms with Crippen LogP contribution < -0.4 is 4.74 Å². The second kappa shape index (κ2) is 6.77. The number of fused-ring (bicyclic) bond motifs is 1. The van der Waals surface area contributed by atoms with Crippen LogP contribution in [0.1, 0.15) is 12.5 Å². The van der Waals surface area contributed by atoms with Crippen LogP contribution in [-0.4, -0.2) is 7.11 Å². The lowest BCUT2D eigenvalue weighted by Crippen LogP contribution is -1.87. The molecule has 3 aromatic carbocycles. The summed E-state index contributed by atoms with van der Waals surface area (Å²) in [5.41, 5.74) is 3.54. The summed E-state index contributed by atoms with van der Waals surface area (Å²) in [6.07, 6.45) is 4.17. The number of hydrogen-bond acceptors (Lipinski definition) is 1. The highest BCUT2D eigenvalue weighted by atomic mass is 79.9. The fourth-order valence-corrected chi connectivity index (χ4v) is 3.40. The molecule has 1 nitrogen and oxygen atoms in total. The largest absolute Gasteiger partial charge is 0.495 e. The lowest BCUT2D eigenvalue weighted by molar-refractivity contribution is 0.415. The minimum Gasteiger partial charge on any atom is -0.495 e. The van der Waals surface area contributed by atoms with Crippen molar-refractivity contribution in [3.8, 4) is 16.9 Å². The Morgan fingerprint density at radius 2 is 1.87 bits per heavy atom. The molecule has 0 aliphatic carbocycles. The van der Waals surface area contributed by atoms with Gasteiger partial charge in [0.2, 0.25) is 0 Å². The second-order valence-electron chi connectivity index (χ2n) is 5.25. The van der Waals surface area contributed by atoms with Gasteiger partial charge < -0.3 is 4.74 Å². The third kappa shape index (κ3) is 3.15. The predicted octanol–water partition coefficient (Wildman–Crippen LogP) is 6.96. The van der Waals surface area contributed by atoms with Crippen LogP contribution in [0, 0.1) is 0 Å². The van der Waals surface area contributed by atoms with Crippen molar-refractivity contribution in [2.24, 2.45) is 0 Å². The van der Waals surface area contributed by atoms with Gasteiger partial charge in [0.25, 0.3) is 0 Å². The first-order chi connectivity index (χ1) is 11.1. The molecule has 0 aromatic heterocycles. The second-order valence-corrected chi connectivity index (χ2v) is 6.54. The Balaban J connectivity index is 2.18. The Morgan fingerprint density at radius 3 is 2.61 bits per heavy atom. The van der Waals surface area contributed by atoms with E-state index in [1.807, 2.05) is 25.1 Å². The van der Waals surface area contributed by atoms with Gasteiger partial charge in [0, 0.05) is 9.86 Å². The van der Waals surface area contributed by atoms with Crippen LogP contribution in [0.5, 0.6) is 5.75 Å². The van der Waals surface area contributed by atoms with Crippen LogP contribution in [0.25, 0.3) is 28.0 Å². The van der Waals surface area contributed by atoms with Crippen LogP contribution in [0.15, 0.2) is 59.1 Å².